The van der Waals surface area contributed by atoms with E-state index in [1.54, 1.807) is 24.3 Å². The Morgan fingerprint density at radius 1 is 0.744 bits per heavy atom. The van der Waals surface area contributed by atoms with E-state index in [1.165, 1.54) is 4.31 Å². The second-order valence-electron chi connectivity index (χ2n) is 10.8. The lowest BCUT2D eigenvalue weighted by atomic mass is 10.1. The molecule has 1 heterocycles. The van der Waals surface area contributed by atoms with Crippen molar-refractivity contribution in [3.63, 3.8) is 0 Å². The number of nitrogens with zero attached hydrogens (tertiary/aromatic N) is 3. The highest BCUT2D eigenvalue weighted by atomic mass is 32.2. The lowest BCUT2D eigenvalue weighted by molar-refractivity contribution is -0.116. The third-order valence-electron chi connectivity index (χ3n) is 7.56. The number of benzene rings is 4. The minimum Gasteiger partial charge on any atom is -0.368 e. The summed E-state index contributed by atoms with van der Waals surface area (Å²) in [6.07, 6.45) is 0. The van der Waals surface area contributed by atoms with Crippen molar-refractivity contribution in [3.05, 3.63) is 125 Å². The Morgan fingerprint density at radius 2 is 1.33 bits per heavy atom. The molecule has 4 aromatic carbocycles. The quantitative estimate of drug-likeness (QED) is 0.291. The first-order valence-corrected chi connectivity index (χ1v) is 15.7. The van der Waals surface area contributed by atoms with E-state index >= 15 is 0 Å². The number of nitrogens with one attached hydrogen (secondary N) is 1. The largest absolute Gasteiger partial charge is 0.368 e. The number of sulfonamides is 1. The molecule has 1 N–H and O–H groups in total. The molecule has 2 amide bonds. The summed E-state index contributed by atoms with van der Waals surface area (Å²) in [7, 11) is -3.92. The molecule has 9 heteroatoms. The number of hydrogen-bond acceptors (Lipinski definition) is 5. The first-order chi connectivity index (χ1) is 20.7. The monoisotopic (exact) mass is 596 g/mol. The highest BCUT2D eigenvalue weighted by molar-refractivity contribution is 7.89. The minimum atomic E-state index is -3.92. The maximum atomic E-state index is 13.5. The van der Waals surface area contributed by atoms with Gasteiger partial charge in [0.2, 0.25) is 15.9 Å². The van der Waals surface area contributed by atoms with Gasteiger partial charge in [-0.15, -0.1) is 0 Å². The third kappa shape index (κ3) is 7.49. The van der Waals surface area contributed by atoms with Crippen LogP contribution in [0.4, 0.5) is 11.4 Å². The molecule has 4 aromatic rings. The zero-order valence-electron chi connectivity index (χ0n) is 24.4. The number of carbonyl (C=O) groups excluding carboxylic acids is 2. The smallest absolute Gasteiger partial charge is 0.253 e. The maximum Gasteiger partial charge on any atom is 0.253 e. The van der Waals surface area contributed by atoms with Crippen molar-refractivity contribution in [1.29, 1.82) is 0 Å². The van der Waals surface area contributed by atoms with Crippen LogP contribution in [0.1, 0.15) is 27.0 Å². The Balaban J connectivity index is 1.20. The van der Waals surface area contributed by atoms with E-state index < -0.39 is 15.9 Å². The molecular formula is C34H36N4O4S. The van der Waals surface area contributed by atoms with Crippen molar-refractivity contribution in [2.24, 2.45) is 0 Å². The Kier molecular flexibility index (Phi) is 9.23. The number of amides is 2. The molecule has 0 bridgehead atoms. The summed E-state index contributed by atoms with van der Waals surface area (Å²) in [5.74, 6) is -0.383. The second-order valence-corrected chi connectivity index (χ2v) is 12.8. The fourth-order valence-electron chi connectivity index (χ4n) is 5.03. The number of anilines is 2. The topological polar surface area (TPSA) is 90.0 Å². The molecule has 0 spiro atoms. The van der Waals surface area contributed by atoms with Gasteiger partial charge in [0.05, 0.1) is 11.4 Å². The maximum absolute atomic E-state index is 13.5. The predicted molar refractivity (Wildman–Crippen MR) is 170 cm³/mol. The van der Waals surface area contributed by atoms with Crippen LogP contribution < -0.4 is 10.2 Å². The average molecular weight is 597 g/mol. The van der Waals surface area contributed by atoms with E-state index in [-0.39, 0.29) is 23.9 Å². The zero-order valence-corrected chi connectivity index (χ0v) is 25.3. The Labute approximate surface area is 253 Å². The van der Waals surface area contributed by atoms with Gasteiger partial charge in [-0.25, -0.2) is 8.42 Å². The highest BCUT2D eigenvalue weighted by Crippen LogP contribution is 2.22. The standard InChI is InChI=1S/C34H36N4O4S/c1-26-8-12-29(13-9-26)34(40)37-22-20-36(21-23-37)31-16-14-30(15-17-31)35-33(39)25-38(24-28-6-4-3-5-7-28)43(41,42)32-18-10-27(2)11-19-32/h3-19H,20-25H2,1-2H3,(H,35,39). The summed E-state index contributed by atoms with van der Waals surface area (Å²) in [5, 5.41) is 2.85. The molecule has 8 nitrogen and oxygen atoms in total. The molecule has 0 aliphatic carbocycles. The van der Waals surface area contributed by atoms with Gasteiger partial charge in [-0.1, -0.05) is 65.7 Å². The SMILES string of the molecule is Cc1ccc(C(=O)N2CCN(c3ccc(NC(=O)CN(Cc4ccccc4)S(=O)(=O)c4ccc(C)cc4)cc3)CC2)cc1. The van der Waals surface area contributed by atoms with E-state index in [2.05, 4.69) is 10.2 Å². The van der Waals surface area contributed by atoms with Crippen LogP contribution in [-0.4, -0.2) is 62.2 Å². The molecule has 0 saturated carbocycles. The summed E-state index contributed by atoms with van der Waals surface area (Å²) in [6.45, 7) is 6.29. The summed E-state index contributed by atoms with van der Waals surface area (Å²) >= 11 is 0. The molecule has 1 saturated heterocycles. The van der Waals surface area contributed by atoms with E-state index in [4.69, 9.17) is 0 Å². The van der Waals surface area contributed by atoms with Gasteiger partial charge in [-0.2, -0.15) is 4.31 Å². The Bertz CT molecular complexity index is 1650. The Hall–Kier alpha value is -4.47. The second kappa shape index (κ2) is 13.2. The van der Waals surface area contributed by atoms with Gasteiger partial charge in [0.1, 0.15) is 0 Å². The summed E-state index contributed by atoms with van der Waals surface area (Å²) in [5.41, 5.74) is 5.14. The van der Waals surface area contributed by atoms with Gasteiger partial charge in [-0.3, -0.25) is 9.59 Å². The lowest BCUT2D eigenvalue weighted by Gasteiger charge is -2.36. The number of aryl methyl sites for hydroxylation is 2. The van der Waals surface area contributed by atoms with Crippen molar-refractivity contribution < 1.29 is 18.0 Å². The van der Waals surface area contributed by atoms with Crippen LogP contribution in [-0.2, 0) is 21.4 Å². The molecule has 5 rings (SSSR count). The van der Waals surface area contributed by atoms with Gasteiger partial charge in [0, 0.05) is 49.7 Å². The van der Waals surface area contributed by atoms with Crippen LogP contribution in [0.2, 0.25) is 0 Å². The molecule has 0 unspecified atom stereocenters. The third-order valence-corrected chi connectivity index (χ3v) is 9.37. The molecular weight excluding hydrogens is 560 g/mol. The minimum absolute atomic E-state index is 0.0448. The lowest BCUT2D eigenvalue weighted by Crippen LogP contribution is -2.48. The van der Waals surface area contributed by atoms with Crippen LogP contribution in [0.5, 0.6) is 0 Å². The van der Waals surface area contributed by atoms with Crippen molar-refractivity contribution >= 4 is 33.2 Å². The fraction of sp³-hybridized carbons (Fsp3) is 0.235. The molecule has 1 aliphatic heterocycles. The van der Waals surface area contributed by atoms with Crippen LogP contribution >= 0.6 is 0 Å². The van der Waals surface area contributed by atoms with E-state index in [9.17, 15) is 18.0 Å². The van der Waals surface area contributed by atoms with Crippen LogP contribution in [0.3, 0.4) is 0 Å². The van der Waals surface area contributed by atoms with E-state index in [0.29, 0.717) is 37.4 Å². The number of carbonyl (C=O) groups is 2. The normalized spacial score (nSPS) is 13.7. The number of hydrogen-bond donors (Lipinski definition) is 1. The number of rotatable bonds is 9. The molecule has 0 radical (unpaired) electrons. The van der Waals surface area contributed by atoms with Crippen molar-refractivity contribution in [1.82, 2.24) is 9.21 Å². The van der Waals surface area contributed by atoms with E-state index in [0.717, 1.165) is 22.4 Å². The van der Waals surface area contributed by atoms with Gasteiger partial charge >= 0.3 is 0 Å². The molecule has 43 heavy (non-hydrogen) atoms. The molecule has 1 aliphatic rings. The van der Waals surface area contributed by atoms with Crippen molar-refractivity contribution in [2.45, 2.75) is 25.3 Å². The molecule has 222 valence electrons. The molecule has 0 aromatic heterocycles. The van der Waals surface area contributed by atoms with Gasteiger partial charge in [0.15, 0.2) is 0 Å². The van der Waals surface area contributed by atoms with E-state index in [1.807, 2.05) is 97.6 Å². The first kappa shape index (κ1) is 30.0. The average Bonchev–Trinajstić information content (AvgIpc) is 3.02. The van der Waals surface area contributed by atoms with Crippen LogP contribution in [0, 0.1) is 13.8 Å². The van der Waals surface area contributed by atoms with Crippen LogP contribution in [0.25, 0.3) is 0 Å². The fourth-order valence-corrected chi connectivity index (χ4v) is 6.42. The Morgan fingerprint density at radius 3 is 1.93 bits per heavy atom. The molecule has 1 fully saturated rings. The van der Waals surface area contributed by atoms with Gasteiger partial charge in [-0.05, 0) is 67.9 Å². The van der Waals surface area contributed by atoms with Crippen LogP contribution in [0.15, 0.2) is 108 Å². The summed E-state index contributed by atoms with van der Waals surface area (Å²) < 4.78 is 28.3. The summed E-state index contributed by atoms with van der Waals surface area (Å²) in [4.78, 5) is 30.2. The predicted octanol–water partition coefficient (Wildman–Crippen LogP) is 5.10. The first-order valence-electron chi connectivity index (χ1n) is 14.3. The highest BCUT2D eigenvalue weighted by Gasteiger charge is 2.27. The molecule has 0 atom stereocenters. The zero-order chi connectivity index (χ0) is 30.4. The number of piperazine rings is 1. The van der Waals surface area contributed by atoms with Crippen molar-refractivity contribution in [2.75, 3.05) is 42.9 Å². The van der Waals surface area contributed by atoms with Gasteiger partial charge < -0.3 is 15.1 Å². The summed E-state index contributed by atoms with van der Waals surface area (Å²) in [6, 6.07) is 31.0. The van der Waals surface area contributed by atoms with Crippen molar-refractivity contribution in [3.8, 4) is 0 Å². The van der Waals surface area contributed by atoms with Gasteiger partial charge in [0.25, 0.3) is 5.91 Å².